The van der Waals surface area contributed by atoms with E-state index in [9.17, 15) is 8.42 Å². The highest BCUT2D eigenvalue weighted by Crippen LogP contribution is 2.22. The molecular formula is C4H4ClNO2S2. The summed E-state index contributed by atoms with van der Waals surface area (Å²) in [5, 5.41) is 6.19. The average molecular weight is 198 g/mol. The summed E-state index contributed by atoms with van der Waals surface area (Å²) >= 11 is 6.60. The summed E-state index contributed by atoms with van der Waals surface area (Å²) < 4.78 is 21.6. The van der Waals surface area contributed by atoms with Gasteiger partial charge in [-0.1, -0.05) is 11.6 Å². The molecule has 0 unspecified atom stereocenters. The van der Waals surface area contributed by atoms with Crippen LogP contribution in [0.4, 0.5) is 0 Å². The fraction of sp³-hybridized carbons (Fsp3) is 0. The van der Waals surface area contributed by atoms with E-state index in [2.05, 4.69) is 0 Å². The van der Waals surface area contributed by atoms with Crippen molar-refractivity contribution in [3.8, 4) is 0 Å². The van der Waals surface area contributed by atoms with Gasteiger partial charge in [0.25, 0.3) is 0 Å². The molecule has 0 fully saturated rings. The maximum absolute atomic E-state index is 10.6. The number of thiophene rings is 1. The van der Waals surface area contributed by atoms with Gasteiger partial charge in [-0.3, -0.25) is 0 Å². The second-order valence-corrected chi connectivity index (χ2v) is 4.74. The van der Waals surface area contributed by atoms with Crippen LogP contribution in [0, 0.1) is 0 Å². The van der Waals surface area contributed by atoms with Gasteiger partial charge in [-0.05, 0) is 6.07 Å². The van der Waals surface area contributed by atoms with Crippen LogP contribution in [0.1, 0.15) is 0 Å². The van der Waals surface area contributed by atoms with Gasteiger partial charge in [0.1, 0.15) is 0 Å². The van der Waals surface area contributed by atoms with Gasteiger partial charge in [0.2, 0.25) is 10.0 Å². The van der Waals surface area contributed by atoms with E-state index >= 15 is 0 Å². The summed E-state index contributed by atoms with van der Waals surface area (Å²) in [6.07, 6.45) is 0. The van der Waals surface area contributed by atoms with Crippen LogP contribution in [0.3, 0.4) is 0 Å². The van der Waals surface area contributed by atoms with Gasteiger partial charge in [-0.2, -0.15) is 0 Å². The van der Waals surface area contributed by atoms with Crippen LogP contribution in [0.15, 0.2) is 16.3 Å². The number of primary sulfonamides is 1. The summed E-state index contributed by atoms with van der Waals surface area (Å²) in [5.74, 6) is 0. The second kappa shape index (κ2) is 2.50. The van der Waals surface area contributed by atoms with Crippen LogP contribution in [-0.4, -0.2) is 8.42 Å². The molecule has 56 valence electrons. The number of hydrogen-bond donors (Lipinski definition) is 1. The molecule has 1 heterocycles. The smallest absolute Gasteiger partial charge is 0.225 e. The topological polar surface area (TPSA) is 60.2 Å². The zero-order valence-electron chi connectivity index (χ0n) is 4.74. The molecule has 0 aliphatic rings. The summed E-state index contributed by atoms with van der Waals surface area (Å²) in [7, 11) is -3.56. The largest absolute Gasteiger partial charge is 0.238 e. The van der Waals surface area contributed by atoms with Gasteiger partial charge < -0.3 is 0 Å². The third kappa shape index (κ3) is 1.69. The quantitative estimate of drug-likeness (QED) is 0.732. The molecule has 0 saturated carbocycles. The van der Waals surface area contributed by atoms with E-state index in [1.807, 2.05) is 0 Å². The lowest BCUT2D eigenvalue weighted by Crippen LogP contribution is -2.10. The fourth-order valence-corrected chi connectivity index (χ4v) is 2.29. The number of nitrogens with two attached hydrogens (primary N) is 1. The molecule has 0 saturated heterocycles. The highest BCUT2D eigenvalue weighted by Gasteiger charge is 2.08. The molecule has 3 nitrogen and oxygen atoms in total. The molecule has 0 aromatic carbocycles. The molecule has 0 amide bonds. The van der Waals surface area contributed by atoms with Crippen molar-refractivity contribution in [3.63, 3.8) is 0 Å². The highest BCUT2D eigenvalue weighted by atomic mass is 35.5. The standard InChI is InChI=1S/C4H4ClNO2S2/c5-4-1-3(2-9-4)10(6,7)8/h1-2H,(H2,6,7,8). The van der Waals surface area contributed by atoms with Crippen molar-refractivity contribution in [2.45, 2.75) is 4.90 Å². The lowest BCUT2D eigenvalue weighted by Gasteiger charge is -1.87. The van der Waals surface area contributed by atoms with Gasteiger partial charge in [0, 0.05) is 5.38 Å². The zero-order valence-corrected chi connectivity index (χ0v) is 7.13. The van der Waals surface area contributed by atoms with E-state index in [0.717, 1.165) is 11.3 Å². The first-order chi connectivity index (χ1) is 4.50. The van der Waals surface area contributed by atoms with Crippen molar-refractivity contribution in [2.75, 3.05) is 0 Å². The molecule has 0 bridgehead atoms. The van der Waals surface area contributed by atoms with Crippen molar-refractivity contribution in [3.05, 3.63) is 15.8 Å². The van der Waals surface area contributed by atoms with E-state index in [-0.39, 0.29) is 4.90 Å². The van der Waals surface area contributed by atoms with Gasteiger partial charge in [0.05, 0.1) is 9.23 Å². The third-order valence-electron chi connectivity index (χ3n) is 0.872. The lowest BCUT2D eigenvalue weighted by atomic mass is 10.7. The predicted molar refractivity (Wildman–Crippen MR) is 40.7 cm³/mol. The normalized spacial score (nSPS) is 11.8. The molecule has 0 spiro atoms. The molecule has 6 heteroatoms. The van der Waals surface area contributed by atoms with E-state index in [1.165, 1.54) is 11.4 Å². The molecule has 1 aromatic heterocycles. The Hall–Kier alpha value is -0.100. The molecule has 2 N–H and O–H groups in total. The maximum atomic E-state index is 10.6. The highest BCUT2D eigenvalue weighted by molar-refractivity contribution is 7.89. The second-order valence-electron chi connectivity index (χ2n) is 1.63. The Morgan fingerprint density at radius 3 is 2.40 bits per heavy atom. The van der Waals surface area contributed by atoms with Gasteiger partial charge in [-0.15, -0.1) is 11.3 Å². The van der Waals surface area contributed by atoms with Crippen molar-refractivity contribution in [2.24, 2.45) is 5.14 Å². The van der Waals surface area contributed by atoms with Crippen LogP contribution in [0.5, 0.6) is 0 Å². The first-order valence-corrected chi connectivity index (χ1v) is 5.07. The summed E-state index contributed by atoms with van der Waals surface area (Å²) in [5.41, 5.74) is 0. The first-order valence-electron chi connectivity index (χ1n) is 2.27. The van der Waals surface area contributed by atoms with Crippen molar-refractivity contribution < 1.29 is 8.42 Å². The van der Waals surface area contributed by atoms with Gasteiger partial charge in [-0.25, -0.2) is 13.6 Å². The maximum Gasteiger partial charge on any atom is 0.238 e. The first kappa shape index (κ1) is 8.00. The number of rotatable bonds is 1. The van der Waals surface area contributed by atoms with Crippen molar-refractivity contribution in [1.82, 2.24) is 0 Å². The Kier molecular flexibility index (Phi) is 2.00. The minimum atomic E-state index is -3.56. The molecule has 1 rings (SSSR count). The molecule has 0 atom stereocenters. The minimum Gasteiger partial charge on any atom is -0.225 e. The zero-order chi connectivity index (χ0) is 7.78. The predicted octanol–water partition coefficient (Wildman–Crippen LogP) is 1.05. The molecule has 10 heavy (non-hydrogen) atoms. The number of sulfonamides is 1. The SMILES string of the molecule is NS(=O)(=O)c1csc(Cl)c1. The average Bonchev–Trinajstić information content (AvgIpc) is 2.11. The van der Waals surface area contributed by atoms with E-state index in [1.54, 1.807) is 0 Å². The third-order valence-corrected chi connectivity index (χ3v) is 3.01. The van der Waals surface area contributed by atoms with Crippen molar-refractivity contribution in [1.29, 1.82) is 0 Å². The van der Waals surface area contributed by atoms with Gasteiger partial charge >= 0.3 is 0 Å². The van der Waals surface area contributed by atoms with E-state index < -0.39 is 10.0 Å². The Labute approximate surface area is 67.5 Å². The Bertz CT molecular complexity index is 329. The van der Waals surface area contributed by atoms with Crippen LogP contribution in [0.2, 0.25) is 4.34 Å². The lowest BCUT2D eigenvalue weighted by molar-refractivity contribution is 0.598. The van der Waals surface area contributed by atoms with Crippen LogP contribution in [0.25, 0.3) is 0 Å². The number of hydrogen-bond acceptors (Lipinski definition) is 3. The van der Waals surface area contributed by atoms with E-state index in [0.29, 0.717) is 4.34 Å². The van der Waals surface area contributed by atoms with Crippen LogP contribution < -0.4 is 5.14 Å². The Morgan fingerprint density at radius 2 is 2.20 bits per heavy atom. The Morgan fingerprint density at radius 1 is 1.60 bits per heavy atom. The minimum absolute atomic E-state index is 0.0718. The molecule has 0 aliphatic heterocycles. The number of halogens is 1. The summed E-state index contributed by atoms with van der Waals surface area (Å²) in [6, 6.07) is 1.32. The fourth-order valence-electron chi connectivity index (χ4n) is 0.443. The molecular weight excluding hydrogens is 194 g/mol. The molecule has 0 aliphatic carbocycles. The van der Waals surface area contributed by atoms with E-state index in [4.69, 9.17) is 16.7 Å². The van der Waals surface area contributed by atoms with Gasteiger partial charge in [0.15, 0.2) is 0 Å². The monoisotopic (exact) mass is 197 g/mol. The van der Waals surface area contributed by atoms with Crippen molar-refractivity contribution >= 4 is 33.0 Å². The van der Waals surface area contributed by atoms with Crippen LogP contribution >= 0.6 is 22.9 Å². The summed E-state index contributed by atoms with van der Waals surface area (Å²) in [4.78, 5) is 0.0718. The van der Waals surface area contributed by atoms with Crippen LogP contribution in [-0.2, 0) is 10.0 Å². The summed E-state index contributed by atoms with van der Waals surface area (Å²) in [6.45, 7) is 0. The Balaban J connectivity index is 3.21. The molecule has 0 radical (unpaired) electrons. The molecule has 1 aromatic rings.